The highest BCUT2D eigenvalue weighted by Gasteiger charge is 2.38. The number of aromatic nitrogens is 3. The third-order valence-corrected chi connectivity index (χ3v) is 18.3. The van der Waals surface area contributed by atoms with Crippen LogP contribution >= 0.6 is 11.8 Å². The van der Waals surface area contributed by atoms with E-state index in [1.165, 1.54) is 31.2 Å². The topological polar surface area (TPSA) is 650 Å². The summed E-state index contributed by atoms with van der Waals surface area (Å²) in [5, 5.41) is 35.8. The summed E-state index contributed by atoms with van der Waals surface area (Å²) in [5.74, 6) is -15.8. The number of fused-ring (bicyclic) bond motifs is 1. The standard InChI is InChI=1S/C71H110N22O18S/c1-8-13-44(62(102)79-33-58(98)84-52(29-40-32-77-35-81-40)70(110)92-50(27-37(4)5)69(109)86-43(60(76)100)23-25-112-7)87-61(101)38(6)82-68(108)51(28-39-31-78-42-15-10-9-14-41(39)42)93-67(107)48(18-21-55(74)95)90-71(111)53(30-56(75)96)85-59(99)34-80-63(103)49(26-36(2)3)91-64(104)45(16-11-12-24-72)88-66(106)47(17-20-54(73)94)89-65(105)46-19-22-57(97)83-46/h9-10,14-15,31-32,35-38,43-53,78H,8,11-13,16-30,33-34,72H2,1-7H3,(H2,73,94)(H2,74,95)(H2,75,96)(H2,76,100)(H,77,81)(H,79,102)(H,80,103)(H,82,108)(H,83,97)(H,84,98)(H,85,99)(H,86,109)(H,87,101)(H,88,106)(H,89,105)(H,90,111)(H,91,104)(H,92,110)(H,93,107)/t38?,43-,44-,45-,46-,47-,48-,49-,50?,51-,52?,53-/m0/s1. The molecule has 1 fully saturated rings. The number of unbranched alkanes of at least 4 members (excludes halogenated alkanes) is 1. The van der Waals surface area contributed by atoms with Crippen LogP contribution in [0.1, 0.15) is 149 Å². The van der Waals surface area contributed by atoms with Crippen LogP contribution in [0.2, 0.25) is 0 Å². The molecule has 0 aliphatic carbocycles. The Kier molecular flexibility index (Phi) is 39.7. The molecule has 26 N–H and O–H groups in total. The van der Waals surface area contributed by atoms with E-state index in [0.717, 1.165) is 0 Å². The van der Waals surface area contributed by atoms with E-state index in [9.17, 15) is 86.3 Å². The van der Waals surface area contributed by atoms with Crippen LogP contribution in [0.25, 0.3) is 10.9 Å². The largest absolute Gasteiger partial charge is 0.370 e. The van der Waals surface area contributed by atoms with Crippen molar-refractivity contribution in [3.05, 3.63) is 54.2 Å². The second kappa shape index (κ2) is 47.7. The van der Waals surface area contributed by atoms with Gasteiger partial charge in [0.1, 0.15) is 72.5 Å². The summed E-state index contributed by atoms with van der Waals surface area (Å²) < 4.78 is 0. The van der Waals surface area contributed by atoms with Crippen molar-refractivity contribution in [3.8, 4) is 0 Å². The van der Waals surface area contributed by atoms with E-state index in [2.05, 4.69) is 89.4 Å². The average molecular weight is 1590 g/mol. The van der Waals surface area contributed by atoms with Crippen molar-refractivity contribution in [1.82, 2.24) is 89.4 Å². The van der Waals surface area contributed by atoms with E-state index in [4.69, 9.17) is 28.7 Å². The number of imidazole rings is 1. The Bertz CT molecular complexity index is 3780. The van der Waals surface area contributed by atoms with Gasteiger partial charge in [-0.05, 0) is 113 Å². The van der Waals surface area contributed by atoms with E-state index in [1.54, 1.807) is 51.2 Å². The smallest absolute Gasteiger partial charge is 0.243 e. The molecule has 3 unspecified atom stereocenters. The van der Waals surface area contributed by atoms with Crippen LogP contribution in [0.4, 0.5) is 0 Å². The van der Waals surface area contributed by atoms with Crippen molar-refractivity contribution in [2.45, 2.75) is 223 Å². The molecule has 2 aromatic heterocycles. The van der Waals surface area contributed by atoms with E-state index >= 15 is 0 Å². The molecule has 3 aromatic rings. The van der Waals surface area contributed by atoms with E-state index in [1.807, 2.05) is 20.1 Å². The maximum absolute atomic E-state index is 14.6. The number of carbonyl (C=O) groups excluding carboxylic acids is 18. The number of rotatable bonds is 52. The lowest BCUT2D eigenvalue weighted by molar-refractivity contribution is -0.136. The van der Waals surface area contributed by atoms with Gasteiger partial charge in [-0.15, -0.1) is 0 Å². The Morgan fingerprint density at radius 2 is 1.00 bits per heavy atom. The molecule has 618 valence electrons. The SMILES string of the molecule is CCC[C@H](NC(=O)C(C)NC(=O)[C@H](Cc1c[nH]c2ccccc12)NC(=O)[C@H](CCC(N)=O)NC(=O)[C@H](CC(N)=O)NC(=O)CNC(=O)[C@H](CC(C)C)NC(=O)[C@H](CCCCN)NC(=O)[C@H](CCC(N)=O)NC(=O)[C@@H]1CCC(=O)N1)C(=O)NCC(=O)NC(Cc1cnc[nH]1)C(=O)NC(CC(C)C)C(=O)N[C@@H](CCSC)C(N)=O. The number of hydrogen-bond acceptors (Lipinski definition) is 21. The highest BCUT2D eigenvalue weighted by molar-refractivity contribution is 7.98. The third-order valence-electron chi connectivity index (χ3n) is 17.7. The summed E-state index contributed by atoms with van der Waals surface area (Å²) >= 11 is 1.44. The molecule has 0 radical (unpaired) electrons. The quantitative estimate of drug-likeness (QED) is 0.0234. The number of para-hydroxylation sites is 1. The van der Waals surface area contributed by atoms with Gasteiger partial charge in [-0.25, -0.2) is 4.98 Å². The molecule has 4 rings (SSSR count). The molecular weight excluding hydrogens is 1480 g/mol. The molecule has 0 bridgehead atoms. The summed E-state index contributed by atoms with van der Waals surface area (Å²) in [5.41, 5.74) is 29.2. The molecule has 1 aromatic carbocycles. The summed E-state index contributed by atoms with van der Waals surface area (Å²) in [6, 6.07) is -9.69. The number of nitrogens with zero attached hydrogens (tertiary/aromatic N) is 1. The van der Waals surface area contributed by atoms with Crippen LogP contribution in [0.5, 0.6) is 0 Å². The van der Waals surface area contributed by atoms with E-state index < -0.39 is 205 Å². The number of hydrogen-bond donors (Lipinski definition) is 21. The predicted octanol–water partition coefficient (Wildman–Crippen LogP) is -5.79. The van der Waals surface area contributed by atoms with Gasteiger partial charge in [0, 0.05) is 61.1 Å². The first kappa shape index (κ1) is 93.1. The molecule has 1 saturated heterocycles. The maximum Gasteiger partial charge on any atom is 0.243 e. The fourth-order valence-electron chi connectivity index (χ4n) is 11.8. The van der Waals surface area contributed by atoms with Gasteiger partial charge in [-0.2, -0.15) is 11.8 Å². The zero-order chi connectivity index (χ0) is 83.3. The lowest BCUT2D eigenvalue weighted by Gasteiger charge is -2.27. The lowest BCUT2D eigenvalue weighted by atomic mass is 10.0. The Labute approximate surface area is 651 Å². The molecule has 1 aliphatic heterocycles. The Morgan fingerprint density at radius 1 is 0.518 bits per heavy atom. The highest BCUT2D eigenvalue weighted by Crippen LogP contribution is 2.21. The van der Waals surface area contributed by atoms with Crippen LogP contribution < -0.4 is 103 Å². The van der Waals surface area contributed by atoms with Crippen molar-refractivity contribution in [2.75, 3.05) is 31.6 Å². The minimum Gasteiger partial charge on any atom is -0.370 e. The molecule has 0 saturated carbocycles. The zero-order valence-corrected chi connectivity index (χ0v) is 64.9. The number of H-pyrrole nitrogens is 2. The van der Waals surface area contributed by atoms with Gasteiger partial charge < -0.3 is 113 Å². The molecule has 1 aliphatic rings. The van der Waals surface area contributed by atoms with Crippen molar-refractivity contribution < 1.29 is 86.3 Å². The highest BCUT2D eigenvalue weighted by atomic mass is 32.2. The van der Waals surface area contributed by atoms with Gasteiger partial charge in [0.05, 0.1) is 25.8 Å². The minimum atomic E-state index is -1.87. The number of amides is 18. The van der Waals surface area contributed by atoms with Crippen LogP contribution in [-0.4, -0.2) is 225 Å². The maximum atomic E-state index is 14.6. The number of thioether (sulfide) groups is 1. The number of primary amides is 4. The number of nitrogens with two attached hydrogens (primary N) is 5. The van der Waals surface area contributed by atoms with Gasteiger partial charge in [-0.3, -0.25) is 86.3 Å². The molecule has 112 heavy (non-hydrogen) atoms. The van der Waals surface area contributed by atoms with Crippen LogP contribution in [0, 0.1) is 11.8 Å². The average Bonchev–Trinajstić information content (AvgIpc) is 1.66. The first-order valence-electron chi connectivity index (χ1n) is 37.0. The molecule has 40 nitrogen and oxygen atoms in total. The Hall–Kier alpha value is -11.3. The fourth-order valence-corrected chi connectivity index (χ4v) is 12.3. The van der Waals surface area contributed by atoms with E-state index in [0.29, 0.717) is 47.2 Å². The lowest BCUT2D eigenvalue weighted by Crippen LogP contribution is -2.60. The first-order chi connectivity index (χ1) is 53.0. The van der Waals surface area contributed by atoms with Gasteiger partial charge >= 0.3 is 0 Å². The number of aromatic amines is 2. The van der Waals surface area contributed by atoms with Gasteiger partial charge in [-0.1, -0.05) is 59.2 Å². The molecule has 3 heterocycles. The molecule has 12 atom stereocenters. The molecule has 0 spiro atoms. The van der Waals surface area contributed by atoms with Crippen molar-refractivity contribution in [2.24, 2.45) is 40.5 Å². The Balaban J connectivity index is 1.50. The second-order valence-electron chi connectivity index (χ2n) is 28.1. The van der Waals surface area contributed by atoms with Crippen LogP contribution in [-0.2, 0) is 99.1 Å². The number of carbonyl (C=O) groups is 18. The zero-order valence-electron chi connectivity index (χ0n) is 64.1. The normalized spacial score (nSPS) is 15.4. The number of nitrogens with one attached hydrogen (secondary N) is 16. The summed E-state index contributed by atoms with van der Waals surface area (Å²) in [6.45, 7) is 8.66. The second-order valence-corrected chi connectivity index (χ2v) is 29.1. The van der Waals surface area contributed by atoms with Gasteiger partial charge in [0.2, 0.25) is 106 Å². The summed E-state index contributed by atoms with van der Waals surface area (Å²) in [7, 11) is 0. The van der Waals surface area contributed by atoms with Crippen molar-refractivity contribution >= 4 is 129 Å². The van der Waals surface area contributed by atoms with Crippen LogP contribution in [0.3, 0.4) is 0 Å². The van der Waals surface area contributed by atoms with Crippen molar-refractivity contribution in [3.63, 3.8) is 0 Å². The van der Waals surface area contributed by atoms with Crippen LogP contribution in [0.15, 0.2) is 43.0 Å². The third kappa shape index (κ3) is 33.1. The van der Waals surface area contributed by atoms with Crippen molar-refractivity contribution in [1.29, 1.82) is 0 Å². The summed E-state index contributed by atoms with van der Waals surface area (Å²) in [4.78, 5) is 251. The predicted molar refractivity (Wildman–Crippen MR) is 408 cm³/mol. The summed E-state index contributed by atoms with van der Waals surface area (Å²) in [6.07, 6.45) is 4.68. The fraction of sp³-hybridized carbons (Fsp3) is 0.592. The Morgan fingerprint density at radius 3 is 1.53 bits per heavy atom. The minimum absolute atomic E-state index is 0.0150. The number of benzene rings is 1. The first-order valence-corrected chi connectivity index (χ1v) is 38.4. The van der Waals surface area contributed by atoms with Gasteiger partial charge in [0.15, 0.2) is 0 Å². The molecule has 18 amide bonds. The molecule has 41 heteroatoms. The van der Waals surface area contributed by atoms with Gasteiger partial charge in [0.25, 0.3) is 0 Å². The molecular formula is C71H110N22O18S. The van der Waals surface area contributed by atoms with E-state index in [-0.39, 0.29) is 94.9 Å². The monoisotopic (exact) mass is 1590 g/mol.